The Morgan fingerprint density at radius 2 is 1.10 bits per heavy atom. The van der Waals surface area contributed by atoms with Gasteiger partial charge in [0.25, 0.3) is 0 Å². The lowest BCUT2D eigenvalue weighted by atomic mass is 9.89. The van der Waals surface area contributed by atoms with Crippen molar-refractivity contribution in [3.63, 3.8) is 0 Å². The molecule has 2 aliphatic rings. The van der Waals surface area contributed by atoms with Crippen molar-refractivity contribution in [1.29, 1.82) is 0 Å². The summed E-state index contributed by atoms with van der Waals surface area (Å²) in [7, 11) is 0. The zero-order valence-electron chi connectivity index (χ0n) is 24.3. The molecule has 10 atom stereocenters. The number of ether oxygens (including phenoxy) is 3. The van der Waals surface area contributed by atoms with Crippen LogP contribution in [0.3, 0.4) is 0 Å². The summed E-state index contributed by atoms with van der Waals surface area (Å²) in [5, 5.41) is 86.5. The third-order valence-corrected chi connectivity index (χ3v) is 7.57. The van der Waals surface area contributed by atoms with Crippen molar-refractivity contribution in [3.8, 4) is 0 Å². The van der Waals surface area contributed by atoms with E-state index >= 15 is 0 Å². The lowest BCUT2D eigenvalue weighted by Gasteiger charge is -2.45. The van der Waals surface area contributed by atoms with Gasteiger partial charge in [0.1, 0.15) is 48.8 Å². The Morgan fingerprint density at radius 1 is 0.600 bits per heavy atom. The average molecular weight is 585 g/mol. The molecule has 12 nitrogen and oxygen atoms in total. The fourth-order valence-electron chi connectivity index (χ4n) is 4.87. The molecule has 240 valence electrons. The van der Waals surface area contributed by atoms with Gasteiger partial charge in [-0.15, -0.1) is 0 Å². The quantitative estimate of drug-likeness (QED) is 0.104. The van der Waals surface area contributed by atoms with Gasteiger partial charge in [0, 0.05) is 13.0 Å². The minimum absolute atomic E-state index is 0.167. The smallest absolute Gasteiger partial charge is 0.195 e. The highest BCUT2D eigenvalue weighted by molar-refractivity contribution is 4.95. The van der Waals surface area contributed by atoms with Gasteiger partial charge in [-0.25, -0.2) is 0 Å². The van der Waals surface area contributed by atoms with Crippen LogP contribution in [0.5, 0.6) is 0 Å². The summed E-state index contributed by atoms with van der Waals surface area (Å²) in [5.41, 5.74) is 0. The first-order chi connectivity index (χ1) is 19.1. The molecule has 0 spiro atoms. The highest BCUT2D eigenvalue weighted by atomic mass is 16.7. The molecular formula is C28H56O12. The van der Waals surface area contributed by atoms with E-state index in [1.54, 1.807) is 0 Å². The average Bonchev–Trinajstić information content (AvgIpc) is 2.95. The van der Waals surface area contributed by atoms with E-state index in [1.807, 2.05) is 0 Å². The fraction of sp³-hybridized carbons (Fsp3) is 1.00. The minimum Gasteiger partial charge on any atom is -0.394 e. The van der Waals surface area contributed by atoms with E-state index in [0.29, 0.717) is 13.0 Å². The first kappa shape index (κ1) is 37.5. The maximum Gasteiger partial charge on any atom is 0.195 e. The van der Waals surface area contributed by atoms with Crippen molar-refractivity contribution >= 4 is 0 Å². The van der Waals surface area contributed by atoms with Gasteiger partial charge in [-0.2, -0.15) is 0 Å². The van der Waals surface area contributed by atoms with Gasteiger partial charge < -0.3 is 60.2 Å². The Hall–Kier alpha value is -0.480. The summed E-state index contributed by atoms with van der Waals surface area (Å²) in [6.45, 7) is 3.78. The normalized spacial score (nSPS) is 36.2. The second kappa shape index (κ2) is 20.4. The predicted molar refractivity (Wildman–Crippen MR) is 146 cm³/mol. The monoisotopic (exact) mass is 584 g/mol. The van der Waals surface area contributed by atoms with Crippen molar-refractivity contribution in [1.82, 2.24) is 0 Å². The van der Waals surface area contributed by atoms with Gasteiger partial charge in [-0.1, -0.05) is 78.1 Å². The highest BCUT2D eigenvalue weighted by Gasteiger charge is 2.52. The van der Waals surface area contributed by atoms with Gasteiger partial charge in [0.05, 0.1) is 13.2 Å². The SMILES string of the molecule is CCCCCCCCC1(O)O[C@H](CO)[C@@H](O)[C@H](O)[C@H]1O.CCCCCCCCOC1O[C@H](CO)[C@@H](O)[C@H](O)[C@H]1O. The molecule has 0 radical (unpaired) electrons. The molecule has 0 aliphatic carbocycles. The summed E-state index contributed by atoms with van der Waals surface area (Å²) in [5.74, 6) is -1.91. The maximum absolute atomic E-state index is 10.3. The van der Waals surface area contributed by atoms with Crippen molar-refractivity contribution < 1.29 is 60.2 Å². The Balaban J connectivity index is 0.000000400. The number of aliphatic hydroxyl groups is 9. The van der Waals surface area contributed by atoms with Crippen LogP contribution in [0.2, 0.25) is 0 Å². The summed E-state index contributed by atoms with van der Waals surface area (Å²) in [6, 6.07) is 0. The molecule has 2 unspecified atom stereocenters. The first-order valence-corrected chi connectivity index (χ1v) is 15.0. The molecule has 40 heavy (non-hydrogen) atoms. The molecule has 9 N–H and O–H groups in total. The first-order valence-electron chi connectivity index (χ1n) is 15.0. The standard InChI is InChI=1S/2C14H28O6/c1-2-3-4-5-6-7-8-19-14-13(18)12(17)11(16)10(9-15)20-14;1-2-3-4-5-6-7-8-14(19)13(18)12(17)11(16)10(9-15)20-14/h10-18H,2-9H2,1H3;10-13,15-19H,2-9H2,1H3/t2*10-,11-,12+,13-,14?/m11/s1. The summed E-state index contributed by atoms with van der Waals surface area (Å²) in [4.78, 5) is 0. The van der Waals surface area contributed by atoms with Gasteiger partial charge in [-0.3, -0.25) is 0 Å². The van der Waals surface area contributed by atoms with Crippen LogP contribution in [-0.2, 0) is 14.2 Å². The third kappa shape index (κ3) is 12.0. The molecule has 2 aliphatic heterocycles. The molecule has 0 saturated carbocycles. The predicted octanol–water partition coefficient (Wildman–Crippen LogP) is 0.0628. The molecule has 0 aromatic carbocycles. The largest absolute Gasteiger partial charge is 0.394 e. The number of rotatable bonds is 17. The summed E-state index contributed by atoms with van der Waals surface area (Å²) in [6.07, 6.45) is 1.52. The van der Waals surface area contributed by atoms with Crippen LogP contribution < -0.4 is 0 Å². The molecule has 12 heteroatoms. The van der Waals surface area contributed by atoms with Crippen LogP contribution in [0.25, 0.3) is 0 Å². The van der Waals surface area contributed by atoms with Crippen LogP contribution >= 0.6 is 0 Å². The molecule has 2 heterocycles. The van der Waals surface area contributed by atoms with E-state index < -0.39 is 74.1 Å². The van der Waals surface area contributed by atoms with Crippen LogP contribution in [0.4, 0.5) is 0 Å². The lowest BCUT2D eigenvalue weighted by Crippen LogP contribution is -2.65. The molecule has 0 amide bonds. The molecule has 0 bridgehead atoms. The lowest BCUT2D eigenvalue weighted by molar-refractivity contribution is -0.351. The minimum atomic E-state index is -1.91. The molecule has 0 aromatic heterocycles. The summed E-state index contributed by atoms with van der Waals surface area (Å²) < 4.78 is 15.8. The Morgan fingerprint density at radius 3 is 1.65 bits per heavy atom. The number of unbranched alkanes of at least 4 members (excludes halogenated alkanes) is 10. The molecule has 2 saturated heterocycles. The Bertz CT molecular complexity index is 624. The Kier molecular flexibility index (Phi) is 19.2. The second-order valence-corrected chi connectivity index (χ2v) is 11.0. The Labute approximate surface area is 238 Å². The van der Waals surface area contributed by atoms with E-state index in [9.17, 15) is 35.7 Å². The van der Waals surface area contributed by atoms with E-state index in [2.05, 4.69) is 13.8 Å². The summed E-state index contributed by atoms with van der Waals surface area (Å²) >= 11 is 0. The van der Waals surface area contributed by atoms with E-state index in [-0.39, 0.29) is 6.42 Å². The third-order valence-electron chi connectivity index (χ3n) is 7.57. The van der Waals surface area contributed by atoms with Gasteiger partial charge >= 0.3 is 0 Å². The van der Waals surface area contributed by atoms with Crippen molar-refractivity contribution in [2.45, 2.75) is 158 Å². The molecule has 2 fully saturated rings. The van der Waals surface area contributed by atoms with Crippen LogP contribution in [0.1, 0.15) is 97.3 Å². The second-order valence-electron chi connectivity index (χ2n) is 11.0. The maximum atomic E-state index is 10.3. The number of aliphatic hydroxyl groups excluding tert-OH is 8. The molecule has 0 aromatic rings. The van der Waals surface area contributed by atoms with Crippen molar-refractivity contribution in [2.24, 2.45) is 0 Å². The van der Waals surface area contributed by atoms with Crippen LogP contribution in [-0.4, -0.2) is 127 Å². The van der Waals surface area contributed by atoms with Gasteiger partial charge in [0.15, 0.2) is 12.1 Å². The zero-order valence-corrected chi connectivity index (χ0v) is 24.3. The van der Waals surface area contributed by atoms with Crippen molar-refractivity contribution in [2.75, 3.05) is 19.8 Å². The number of hydrogen-bond acceptors (Lipinski definition) is 12. The van der Waals surface area contributed by atoms with Crippen LogP contribution in [0, 0.1) is 0 Å². The van der Waals surface area contributed by atoms with Gasteiger partial charge in [-0.05, 0) is 12.8 Å². The van der Waals surface area contributed by atoms with E-state index in [0.717, 1.165) is 44.9 Å². The van der Waals surface area contributed by atoms with E-state index in [4.69, 9.17) is 24.4 Å². The van der Waals surface area contributed by atoms with Crippen LogP contribution in [0.15, 0.2) is 0 Å². The molecule has 2 rings (SSSR count). The van der Waals surface area contributed by atoms with Gasteiger partial charge in [0.2, 0.25) is 0 Å². The van der Waals surface area contributed by atoms with E-state index in [1.165, 1.54) is 25.7 Å². The molecular weight excluding hydrogens is 528 g/mol. The number of hydrogen-bond donors (Lipinski definition) is 9. The zero-order chi connectivity index (χ0) is 30.1. The highest BCUT2D eigenvalue weighted by Crippen LogP contribution is 2.32. The fourth-order valence-corrected chi connectivity index (χ4v) is 4.87. The van der Waals surface area contributed by atoms with Crippen molar-refractivity contribution in [3.05, 3.63) is 0 Å². The topological polar surface area (TPSA) is 210 Å².